The van der Waals surface area contributed by atoms with Gasteiger partial charge in [0.1, 0.15) is 5.01 Å². The summed E-state index contributed by atoms with van der Waals surface area (Å²) < 4.78 is 0. The smallest absolute Gasteiger partial charge is 0.310 e. The molecule has 0 radical (unpaired) electrons. The zero-order valence-electron chi connectivity index (χ0n) is 6.86. The summed E-state index contributed by atoms with van der Waals surface area (Å²) in [6.45, 7) is 0. The van der Waals surface area contributed by atoms with Gasteiger partial charge in [-0.2, -0.15) is 0 Å². The second kappa shape index (κ2) is 3.29. The zero-order valence-corrected chi connectivity index (χ0v) is 7.67. The SMILES string of the molecule is O=C(O)Cc1nnc(NC2CC2)s1. The molecule has 1 aliphatic rings. The number of carboxylic acids is 1. The van der Waals surface area contributed by atoms with Crippen molar-refractivity contribution in [2.75, 3.05) is 5.32 Å². The minimum absolute atomic E-state index is 0.0377. The van der Waals surface area contributed by atoms with Crippen molar-refractivity contribution in [1.82, 2.24) is 10.2 Å². The molecule has 1 aromatic rings. The summed E-state index contributed by atoms with van der Waals surface area (Å²) in [5.41, 5.74) is 0. The highest BCUT2D eigenvalue weighted by Gasteiger charge is 2.22. The highest BCUT2D eigenvalue weighted by Crippen LogP contribution is 2.26. The molecule has 1 aromatic heterocycles. The van der Waals surface area contributed by atoms with Gasteiger partial charge >= 0.3 is 5.97 Å². The Kier molecular flexibility index (Phi) is 2.13. The number of carboxylic acid groups (broad SMARTS) is 1. The Morgan fingerprint density at radius 2 is 2.38 bits per heavy atom. The molecule has 0 spiro atoms. The van der Waals surface area contributed by atoms with Crippen LogP contribution in [0, 0.1) is 0 Å². The molecule has 2 rings (SSSR count). The summed E-state index contributed by atoms with van der Waals surface area (Å²) in [6.07, 6.45) is 2.31. The number of aliphatic carboxylic acids is 1. The van der Waals surface area contributed by atoms with Crippen molar-refractivity contribution in [2.24, 2.45) is 0 Å². The quantitative estimate of drug-likeness (QED) is 0.748. The molecular formula is C7H9N3O2S. The van der Waals surface area contributed by atoms with Gasteiger partial charge < -0.3 is 10.4 Å². The highest BCUT2D eigenvalue weighted by atomic mass is 32.1. The molecule has 13 heavy (non-hydrogen) atoms. The molecule has 1 heterocycles. The minimum Gasteiger partial charge on any atom is -0.481 e. The third-order valence-corrected chi connectivity index (χ3v) is 2.53. The number of anilines is 1. The van der Waals surface area contributed by atoms with E-state index in [1.165, 1.54) is 24.2 Å². The van der Waals surface area contributed by atoms with Gasteiger partial charge in [0.25, 0.3) is 0 Å². The van der Waals surface area contributed by atoms with Gasteiger partial charge in [-0.05, 0) is 12.8 Å². The second-order valence-electron chi connectivity index (χ2n) is 2.99. The van der Waals surface area contributed by atoms with Crippen LogP contribution in [0.2, 0.25) is 0 Å². The van der Waals surface area contributed by atoms with E-state index in [1.54, 1.807) is 0 Å². The molecule has 0 unspecified atom stereocenters. The number of carbonyl (C=O) groups is 1. The van der Waals surface area contributed by atoms with Crippen LogP contribution >= 0.6 is 11.3 Å². The van der Waals surface area contributed by atoms with Gasteiger partial charge in [-0.1, -0.05) is 11.3 Å². The monoisotopic (exact) mass is 199 g/mol. The molecule has 0 atom stereocenters. The Morgan fingerprint density at radius 1 is 1.62 bits per heavy atom. The maximum atomic E-state index is 10.3. The third kappa shape index (κ3) is 2.38. The van der Waals surface area contributed by atoms with Crippen LogP contribution in [-0.4, -0.2) is 27.3 Å². The first kappa shape index (κ1) is 8.43. The Morgan fingerprint density at radius 3 is 3.00 bits per heavy atom. The molecule has 5 nitrogen and oxygen atoms in total. The standard InChI is InChI=1S/C7H9N3O2S/c11-6(12)3-5-9-10-7(13-5)8-4-1-2-4/h4H,1-3H2,(H,8,10)(H,11,12). The van der Waals surface area contributed by atoms with Crippen molar-refractivity contribution in [1.29, 1.82) is 0 Å². The number of nitrogens with one attached hydrogen (secondary N) is 1. The first-order valence-electron chi connectivity index (χ1n) is 4.05. The summed E-state index contributed by atoms with van der Waals surface area (Å²) in [4.78, 5) is 10.3. The van der Waals surface area contributed by atoms with Gasteiger partial charge in [0.2, 0.25) is 5.13 Å². The highest BCUT2D eigenvalue weighted by molar-refractivity contribution is 7.15. The van der Waals surface area contributed by atoms with E-state index in [-0.39, 0.29) is 6.42 Å². The lowest BCUT2D eigenvalue weighted by atomic mass is 10.5. The van der Waals surface area contributed by atoms with Crippen molar-refractivity contribution >= 4 is 22.4 Å². The van der Waals surface area contributed by atoms with Crippen molar-refractivity contribution in [3.63, 3.8) is 0 Å². The Labute approximate surface area is 78.8 Å². The third-order valence-electron chi connectivity index (χ3n) is 1.67. The fourth-order valence-corrected chi connectivity index (χ4v) is 1.72. The molecule has 1 aliphatic carbocycles. The van der Waals surface area contributed by atoms with Crippen LogP contribution in [0.25, 0.3) is 0 Å². The molecule has 6 heteroatoms. The number of rotatable bonds is 4. The molecular weight excluding hydrogens is 190 g/mol. The molecule has 2 N–H and O–H groups in total. The fourth-order valence-electron chi connectivity index (χ4n) is 0.915. The second-order valence-corrected chi connectivity index (χ2v) is 4.05. The lowest BCUT2D eigenvalue weighted by Crippen LogP contribution is -1.99. The molecule has 0 aliphatic heterocycles. The van der Waals surface area contributed by atoms with Gasteiger partial charge in [0.05, 0.1) is 6.42 Å². The molecule has 1 saturated carbocycles. The topological polar surface area (TPSA) is 75.1 Å². The van der Waals surface area contributed by atoms with Gasteiger partial charge in [0, 0.05) is 6.04 Å². The Balaban J connectivity index is 1.95. The van der Waals surface area contributed by atoms with Crippen LogP contribution in [0.5, 0.6) is 0 Å². The van der Waals surface area contributed by atoms with Crippen LogP contribution < -0.4 is 5.32 Å². The Bertz CT molecular complexity index is 321. The van der Waals surface area contributed by atoms with E-state index in [9.17, 15) is 4.79 Å². The predicted molar refractivity (Wildman–Crippen MR) is 47.9 cm³/mol. The summed E-state index contributed by atoms with van der Waals surface area (Å²) in [5, 5.41) is 20.5. The normalized spacial score (nSPS) is 15.7. The van der Waals surface area contributed by atoms with Crippen LogP contribution in [0.4, 0.5) is 5.13 Å². The van der Waals surface area contributed by atoms with E-state index >= 15 is 0 Å². The number of nitrogens with zero attached hydrogens (tertiary/aromatic N) is 2. The first-order valence-corrected chi connectivity index (χ1v) is 4.86. The van der Waals surface area contributed by atoms with Crippen LogP contribution in [0.1, 0.15) is 17.8 Å². The molecule has 0 amide bonds. The Hall–Kier alpha value is -1.17. The number of aromatic nitrogens is 2. The molecule has 0 aromatic carbocycles. The molecule has 1 fully saturated rings. The number of hydrogen-bond acceptors (Lipinski definition) is 5. The van der Waals surface area contributed by atoms with Crippen molar-refractivity contribution < 1.29 is 9.90 Å². The van der Waals surface area contributed by atoms with Crippen molar-refractivity contribution in [2.45, 2.75) is 25.3 Å². The molecule has 0 bridgehead atoms. The summed E-state index contributed by atoms with van der Waals surface area (Å²) in [5.74, 6) is -0.867. The van der Waals surface area contributed by atoms with E-state index in [1.807, 2.05) is 0 Å². The van der Waals surface area contributed by atoms with E-state index in [0.717, 1.165) is 5.13 Å². The van der Waals surface area contributed by atoms with Crippen LogP contribution in [0.15, 0.2) is 0 Å². The van der Waals surface area contributed by atoms with E-state index in [0.29, 0.717) is 11.0 Å². The van der Waals surface area contributed by atoms with Crippen molar-refractivity contribution in [3.8, 4) is 0 Å². The van der Waals surface area contributed by atoms with E-state index in [2.05, 4.69) is 15.5 Å². The van der Waals surface area contributed by atoms with Gasteiger partial charge in [-0.15, -0.1) is 10.2 Å². The lowest BCUT2D eigenvalue weighted by molar-refractivity contribution is -0.136. The maximum absolute atomic E-state index is 10.3. The average Bonchev–Trinajstić information content (AvgIpc) is 2.73. The summed E-state index contributed by atoms with van der Waals surface area (Å²) >= 11 is 1.32. The molecule has 70 valence electrons. The maximum Gasteiger partial charge on any atom is 0.310 e. The van der Waals surface area contributed by atoms with Crippen LogP contribution in [-0.2, 0) is 11.2 Å². The van der Waals surface area contributed by atoms with Crippen LogP contribution in [0.3, 0.4) is 0 Å². The average molecular weight is 199 g/mol. The summed E-state index contributed by atoms with van der Waals surface area (Å²) in [7, 11) is 0. The van der Waals surface area contributed by atoms with Gasteiger partial charge in [-0.25, -0.2) is 0 Å². The lowest BCUT2D eigenvalue weighted by Gasteiger charge is -1.93. The largest absolute Gasteiger partial charge is 0.481 e. The van der Waals surface area contributed by atoms with E-state index < -0.39 is 5.97 Å². The first-order chi connectivity index (χ1) is 6.24. The fraction of sp³-hybridized carbons (Fsp3) is 0.571. The predicted octanol–water partition coefficient (Wildman–Crippen LogP) is 0.739. The number of hydrogen-bond donors (Lipinski definition) is 2. The van der Waals surface area contributed by atoms with E-state index in [4.69, 9.17) is 5.11 Å². The molecule has 0 saturated heterocycles. The van der Waals surface area contributed by atoms with Crippen molar-refractivity contribution in [3.05, 3.63) is 5.01 Å². The van der Waals surface area contributed by atoms with Gasteiger partial charge in [0.15, 0.2) is 0 Å². The zero-order chi connectivity index (χ0) is 9.26. The summed E-state index contributed by atoms with van der Waals surface area (Å²) in [6, 6.07) is 0.533. The minimum atomic E-state index is -0.867. The van der Waals surface area contributed by atoms with Gasteiger partial charge in [-0.3, -0.25) is 4.79 Å².